The van der Waals surface area contributed by atoms with Gasteiger partial charge in [-0.3, -0.25) is 0 Å². The molecule has 1 atom stereocenters. The van der Waals surface area contributed by atoms with Gasteiger partial charge in [0.05, 0.1) is 0 Å². The number of aliphatic hydroxyl groups is 1. The second-order valence-electron chi connectivity index (χ2n) is 4.30. The molecule has 108 valence electrons. The standard InChI is InChI=1S/C13H10Cl2F3NO/c14-10-1-2-11(15)9(5-10)7-19-4-3-8(6-19)12(20)13(16,17)18/h1-6,12,20H,7H2. The molecule has 0 aliphatic rings. The molecule has 0 bridgehead atoms. The molecule has 1 heterocycles. The van der Waals surface area contributed by atoms with E-state index in [1.807, 2.05) is 0 Å². The smallest absolute Gasteiger partial charge is 0.379 e. The Labute approximate surface area is 123 Å². The van der Waals surface area contributed by atoms with Crippen molar-refractivity contribution in [3.8, 4) is 0 Å². The molecule has 2 rings (SSSR count). The monoisotopic (exact) mass is 323 g/mol. The highest BCUT2D eigenvalue weighted by molar-refractivity contribution is 6.33. The average molecular weight is 324 g/mol. The van der Waals surface area contributed by atoms with Crippen molar-refractivity contribution in [2.75, 3.05) is 0 Å². The van der Waals surface area contributed by atoms with Crippen LogP contribution in [-0.2, 0) is 6.54 Å². The van der Waals surface area contributed by atoms with Gasteiger partial charge in [0.25, 0.3) is 0 Å². The van der Waals surface area contributed by atoms with Crippen LogP contribution >= 0.6 is 23.2 Å². The van der Waals surface area contributed by atoms with Crippen LogP contribution in [0, 0.1) is 0 Å². The van der Waals surface area contributed by atoms with Gasteiger partial charge in [-0.2, -0.15) is 13.2 Å². The van der Waals surface area contributed by atoms with Gasteiger partial charge in [0, 0.05) is 34.5 Å². The molecule has 0 saturated carbocycles. The number of benzene rings is 1. The Morgan fingerprint density at radius 1 is 1.20 bits per heavy atom. The van der Waals surface area contributed by atoms with Crippen LogP contribution in [0.5, 0.6) is 0 Å². The van der Waals surface area contributed by atoms with Crippen molar-refractivity contribution in [1.82, 2.24) is 4.57 Å². The van der Waals surface area contributed by atoms with E-state index in [-0.39, 0.29) is 12.1 Å². The summed E-state index contributed by atoms with van der Waals surface area (Å²) >= 11 is 11.8. The number of hydrogen-bond donors (Lipinski definition) is 1. The molecular weight excluding hydrogens is 314 g/mol. The molecular formula is C13H10Cl2F3NO. The van der Waals surface area contributed by atoms with E-state index < -0.39 is 12.3 Å². The lowest BCUT2D eigenvalue weighted by atomic mass is 10.2. The van der Waals surface area contributed by atoms with E-state index in [1.165, 1.54) is 23.0 Å². The molecule has 1 aromatic carbocycles. The first-order valence-electron chi connectivity index (χ1n) is 5.62. The fourth-order valence-corrected chi connectivity index (χ4v) is 2.14. The topological polar surface area (TPSA) is 25.2 Å². The predicted octanol–water partition coefficient (Wildman–Crippen LogP) is 4.44. The van der Waals surface area contributed by atoms with Gasteiger partial charge in [-0.1, -0.05) is 23.2 Å². The highest BCUT2D eigenvalue weighted by Gasteiger charge is 2.39. The van der Waals surface area contributed by atoms with Crippen molar-refractivity contribution in [2.24, 2.45) is 0 Å². The SMILES string of the molecule is OC(c1ccn(Cc2cc(Cl)ccc2Cl)c1)C(F)(F)F. The van der Waals surface area contributed by atoms with Crippen molar-refractivity contribution in [2.45, 2.75) is 18.8 Å². The molecule has 1 unspecified atom stereocenters. The van der Waals surface area contributed by atoms with E-state index in [0.29, 0.717) is 15.6 Å². The van der Waals surface area contributed by atoms with Crippen LogP contribution in [0.2, 0.25) is 10.0 Å². The largest absolute Gasteiger partial charge is 0.418 e. The van der Waals surface area contributed by atoms with Crippen LogP contribution < -0.4 is 0 Å². The van der Waals surface area contributed by atoms with E-state index in [4.69, 9.17) is 28.3 Å². The molecule has 0 spiro atoms. The number of hydrogen-bond acceptors (Lipinski definition) is 1. The highest BCUT2D eigenvalue weighted by Crippen LogP contribution is 2.32. The summed E-state index contributed by atoms with van der Waals surface area (Å²) in [5, 5.41) is 10.1. The van der Waals surface area contributed by atoms with Crippen LogP contribution in [-0.4, -0.2) is 15.8 Å². The summed E-state index contributed by atoms with van der Waals surface area (Å²) < 4.78 is 38.7. The van der Waals surface area contributed by atoms with Gasteiger partial charge >= 0.3 is 6.18 Å². The first-order valence-corrected chi connectivity index (χ1v) is 6.37. The summed E-state index contributed by atoms with van der Waals surface area (Å²) in [6, 6.07) is 6.11. The Balaban J connectivity index is 2.20. The van der Waals surface area contributed by atoms with Crippen molar-refractivity contribution in [1.29, 1.82) is 0 Å². The van der Waals surface area contributed by atoms with E-state index in [9.17, 15) is 13.2 Å². The van der Waals surface area contributed by atoms with E-state index in [0.717, 1.165) is 0 Å². The van der Waals surface area contributed by atoms with Crippen LogP contribution in [0.15, 0.2) is 36.7 Å². The maximum absolute atomic E-state index is 12.4. The second kappa shape index (κ2) is 5.68. The van der Waals surface area contributed by atoms with Crippen LogP contribution in [0.1, 0.15) is 17.2 Å². The predicted molar refractivity (Wildman–Crippen MR) is 71.0 cm³/mol. The highest BCUT2D eigenvalue weighted by atomic mass is 35.5. The molecule has 0 aliphatic carbocycles. The van der Waals surface area contributed by atoms with Crippen molar-refractivity contribution < 1.29 is 18.3 Å². The molecule has 20 heavy (non-hydrogen) atoms. The average Bonchev–Trinajstić information content (AvgIpc) is 2.80. The minimum Gasteiger partial charge on any atom is -0.379 e. The zero-order valence-electron chi connectivity index (χ0n) is 10.0. The van der Waals surface area contributed by atoms with Crippen LogP contribution in [0.4, 0.5) is 13.2 Å². The summed E-state index contributed by atoms with van der Waals surface area (Å²) in [6.07, 6.45) is -4.49. The van der Waals surface area contributed by atoms with Crippen molar-refractivity contribution in [3.05, 3.63) is 57.8 Å². The minimum absolute atomic E-state index is 0.212. The first kappa shape index (κ1) is 15.2. The number of halogens is 5. The van der Waals surface area contributed by atoms with Crippen LogP contribution in [0.25, 0.3) is 0 Å². The molecule has 2 aromatic rings. The Hall–Kier alpha value is -1.17. The lowest BCUT2D eigenvalue weighted by Crippen LogP contribution is -2.19. The van der Waals surface area contributed by atoms with E-state index in [2.05, 4.69) is 0 Å². The van der Waals surface area contributed by atoms with Gasteiger partial charge in [-0.15, -0.1) is 0 Å². The number of nitrogens with zero attached hydrogens (tertiary/aromatic N) is 1. The number of aliphatic hydroxyl groups excluding tert-OH is 1. The minimum atomic E-state index is -4.68. The van der Waals surface area contributed by atoms with Crippen LogP contribution in [0.3, 0.4) is 0 Å². The fraction of sp³-hybridized carbons (Fsp3) is 0.231. The quantitative estimate of drug-likeness (QED) is 0.887. The molecule has 0 fully saturated rings. The summed E-state index contributed by atoms with van der Waals surface area (Å²) in [5.74, 6) is 0. The zero-order chi connectivity index (χ0) is 14.9. The Bertz CT molecular complexity index is 610. The van der Waals surface area contributed by atoms with Gasteiger partial charge in [-0.05, 0) is 29.8 Å². The third-order valence-electron chi connectivity index (χ3n) is 2.76. The van der Waals surface area contributed by atoms with Gasteiger partial charge < -0.3 is 9.67 Å². The molecule has 2 nitrogen and oxygen atoms in total. The Morgan fingerprint density at radius 3 is 2.55 bits per heavy atom. The third kappa shape index (κ3) is 3.48. The molecule has 0 aliphatic heterocycles. The molecule has 1 aromatic heterocycles. The molecule has 0 saturated heterocycles. The van der Waals surface area contributed by atoms with E-state index >= 15 is 0 Å². The normalized spacial score (nSPS) is 13.5. The Morgan fingerprint density at radius 2 is 1.90 bits per heavy atom. The molecule has 0 radical (unpaired) electrons. The maximum Gasteiger partial charge on any atom is 0.418 e. The van der Waals surface area contributed by atoms with Crippen molar-refractivity contribution in [3.63, 3.8) is 0 Å². The lowest BCUT2D eigenvalue weighted by molar-refractivity contribution is -0.206. The maximum atomic E-state index is 12.4. The fourth-order valence-electron chi connectivity index (χ4n) is 1.77. The van der Waals surface area contributed by atoms with Gasteiger partial charge in [-0.25, -0.2) is 0 Å². The second-order valence-corrected chi connectivity index (χ2v) is 5.14. The lowest BCUT2D eigenvalue weighted by Gasteiger charge is -2.12. The zero-order valence-corrected chi connectivity index (χ0v) is 11.5. The summed E-state index contributed by atoms with van der Waals surface area (Å²) in [7, 11) is 0. The molecule has 1 N–H and O–H groups in total. The molecule has 7 heteroatoms. The van der Waals surface area contributed by atoms with Gasteiger partial charge in [0.2, 0.25) is 0 Å². The summed E-state index contributed by atoms with van der Waals surface area (Å²) in [4.78, 5) is 0. The number of aromatic nitrogens is 1. The van der Waals surface area contributed by atoms with Gasteiger partial charge in [0.1, 0.15) is 0 Å². The first-order chi connectivity index (χ1) is 9.27. The van der Waals surface area contributed by atoms with Crippen molar-refractivity contribution >= 4 is 23.2 Å². The summed E-state index contributed by atoms with van der Waals surface area (Å²) in [5.41, 5.74) is 0.471. The van der Waals surface area contributed by atoms with E-state index in [1.54, 1.807) is 18.2 Å². The third-order valence-corrected chi connectivity index (χ3v) is 3.36. The van der Waals surface area contributed by atoms with Gasteiger partial charge in [0.15, 0.2) is 6.10 Å². The number of rotatable bonds is 3. The Kier molecular flexibility index (Phi) is 4.32. The number of alkyl halides is 3. The molecule has 0 amide bonds. The summed E-state index contributed by atoms with van der Waals surface area (Å²) in [6.45, 7) is 0.268.